The molecule has 0 saturated heterocycles. The van der Waals surface area contributed by atoms with E-state index in [9.17, 15) is 14.4 Å². The number of carbonyl (C=O) groups is 3. The molecule has 0 heterocycles. The molecule has 0 aromatic rings. The molecule has 0 fully saturated rings. The molecule has 6 heteroatoms. The summed E-state index contributed by atoms with van der Waals surface area (Å²) in [6.45, 7) is 8.99. The van der Waals surface area contributed by atoms with Gasteiger partial charge in [0.2, 0.25) is 0 Å². The Morgan fingerprint density at radius 3 is 0.929 bits per heavy atom. The highest BCUT2D eigenvalue weighted by Crippen LogP contribution is 2.17. The van der Waals surface area contributed by atoms with Crippen molar-refractivity contribution in [2.24, 2.45) is 5.92 Å². The number of esters is 3. The number of rotatable bonds is 45. The molecule has 1 unspecified atom stereocenters. The molecule has 0 aromatic heterocycles. The zero-order valence-corrected chi connectivity index (χ0v) is 38.1. The molecule has 0 radical (unpaired) electrons. The summed E-state index contributed by atoms with van der Waals surface area (Å²) < 4.78 is 16.8. The summed E-state index contributed by atoms with van der Waals surface area (Å²) >= 11 is 0. The molecule has 2 atom stereocenters. The number of hydrogen-bond acceptors (Lipinski definition) is 6. The molecule has 0 rings (SSSR count). The van der Waals surface area contributed by atoms with Crippen LogP contribution in [0.2, 0.25) is 0 Å². The van der Waals surface area contributed by atoms with Crippen LogP contribution in [0.4, 0.5) is 0 Å². The van der Waals surface area contributed by atoms with Gasteiger partial charge in [-0.2, -0.15) is 0 Å². The summed E-state index contributed by atoms with van der Waals surface area (Å²) in [4.78, 5) is 37.8. The minimum atomic E-state index is -0.760. The molecular weight excluding hydrogens is 697 g/mol. The largest absolute Gasteiger partial charge is 0.462 e. The first-order valence-electron chi connectivity index (χ1n) is 24.9. The van der Waals surface area contributed by atoms with Crippen molar-refractivity contribution in [3.05, 3.63) is 0 Å². The number of unbranched alkanes of at least 4 members (excludes halogenated alkanes) is 31. The average molecular weight is 793 g/mol. The van der Waals surface area contributed by atoms with Gasteiger partial charge in [-0.3, -0.25) is 14.4 Å². The van der Waals surface area contributed by atoms with Crippen molar-refractivity contribution >= 4 is 17.9 Å². The van der Waals surface area contributed by atoms with Crippen LogP contribution in [0.15, 0.2) is 0 Å². The summed E-state index contributed by atoms with van der Waals surface area (Å²) in [6.07, 6.45) is 45.1. The quantitative estimate of drug-likeness (QED) is 0.0347. The van der Waals surface area contributed by atoms with Crippen molar-refractivity contribution < 1.29 is 28.6 Å². The summed E-state index contributed by atoms with van der Waals surface area (Å²) in [5.74, 6) is -0.0361. The monoisotopic (exact) mass is 793 g/mol. The third kappa shape index (κ3) is 42.0. The fourth-order valence-corrected chi connectivity index (χ4v) is 7.48. The van der Waals surface area contributed by atoms with Crippen molar-refractivity contribution in [1.82, 2.24) is 0 Å². The predicted octanol–water partition coefficient (Wildman–Crippen LogP) is 15.9. The Kier molecular flexibility index (Phi) is 43.2. The molecule has 56 heavy (non-hydrogen) atoms. The molecule has 0 aliphatic rings. The van der Waals surface area contributed by atoms with Crippen molar-refractivity contribution in [2.45, 2.75) is 284 Å². The smallest absolute Gasteiger partial charge is 0.306 e. The van der Waals surface area contributed by atoms with Crippen molar-refractivity contribution in [3.8, 4) is 0 Å². The second-order valence-electron chi connectivity index (χ2n) is 17.3. The van der Waals surface area contributed by atoms with Crippen molar-refractivity contribution in [1.29, 1.82) is 0 Å². The van der Waals surface area contributed by atoms with Gasteiger partial charge in [-0.15, -0.1) is 0 Å². The highest BCUT2D eigenvalue weighted by molar-refractivity contribution is 5.71. The number of hydrogen-bond donors (Lipinski definition) is 0. The second kappa shape index (κ2) is 44.5. The van der Waals surface area contributed by atoms with Crippen LogP contribution in [-0.4, -0.2) is 37.2 Å². The van der Waals surface area contributed by atoms with E-state index in [4.69, 9.17) is 14.2 Å². The minimum absolute atomic E-state index is 0.0638. The van der Waals surface area contributed by atoms with Gasteiger partial charge in [-0.1, -0.05) is 240 Å². The first-order chi connectivity index (χ1) is 27.4. The van der Waals surface area contributed by atoms with Crippen LogP contribution >= 0.6 is 0 Å². The molecule has 6 nitrogen and oxygen atoms in total. The zero-order chi connectivity index (χ0) is 41.0. The van der Waals surface area contributed by atoms with Gasteiger partial charge in [0, 0.05) is 19.3 Å². The van der Waals surface area contributed by atoms with Crippen molar-refractivity contribution in [3.63, 3.8) is 0 Å². The van der Waals surface area contributed by atoms with Gasteiger partial charge in [-0.05, 0) is 25.2 Å². The van der Waals surface area contributed by atoms with Crippen LogP contribution in [0.25, 0.3) is 0 Å². The minimum Gasteiger partial charge on any atom is -0.462 e. The fourth-order valence-electron chi connectivity index (χ4n) is 7.48. The maximum absolute atomic E-state index is 12.8. The SMILES string of the molecule is CCCCCCCCCCCCCCCCCCC(=O)O[C@@H](COC(=O)CCCCCCCCCCCCCC)COC(=O)CCCCCCCCC(C)CC. The predicted molar refractivity (Wildman–Crippen MR) is 238 cm³/mol. The molecule has 0 saturated carbocycles. The highest BCUT2D eigenvalue weighted by Gasteiger charge is 2.19. The molecule has 0 aliphatic heterocycles. The highest BCUT2D eigenvalue weighted by atomic mass is 16.6. The van der Waals surface area contributed by atoms with Crippen LogP contribution in [0.5, 0.6) is 0 Å². The fraction of sp³-hybridized carbons (Fsp3) is 0.940. The van der Waals surface area contributed by atoms with E-state index in [1.807, 2.05) is 0 Å². The molecule has 332 valence electrons. The summed E-state index contributed by atoms with van der Waals surface area (Å²) in [7, 11) is 0. The standard InChI is InChI=1S/C50H96O6/c1-5-8-10-12-14-16-18-20-21-22-23-25-27-29-35-39-43-50(53)56-47(45-55-49(52)42-38-34-31-30-32-36-40-46(4)7-3)44-54-48(51)41-37-33-28-26-24-19-17-15-13-11-9-6-2/h46-47H,5-45H2,1-4H3/t46?,47-/m0/s1. The second-order valence-corrected chi connectivity index (χ2v) is 17.3. The Morgan fingerprint density at radius 1 is 0.357 bits per heavy atom. The molecule has 0 N–H and O–H groups in total. The van der Waals surface area contributed by atoms with Gasteiger partial charge < -0.3 is 14.2 Å². The van der Waals surface area contributed by atoms with E-state index >= 15 is 0 Å². The van der Waals surface area contributed by atoms with E-state index in [-0.39, 0.29) is 31.1 Å². The summed E-state index contributed by atoms with van der Waals surface area (Å²) in [5.41, 5.74) is 0. The van der Waals surface area contributed by atoms with Gasteiger partial charge >= 0.3 is 17.9 Å². The first-order valence-corrected chi connectivity index (χ1v) is 24.9. The Morgan fingerprint density at radius 2 is 0.625 bits per heavy atom. The van der Waals surface area contributed by atoms with E-state index in [1.54, 1.807) is 0 Å². The van der Waals surface area contributed by atoms with E-state index in [2.05, 4.69) is 27.7 Å². The van der Waals surface area contributed by atoms with Crippen LogP contribution in [0, 0.1) is 5.92 Å². The number of carbonyl (C=O) groups excluding carboxylic acids is 3. The van der Waals surface area contributed by atoms with E-state index in [0.717, 1.165) is 63.7 Å². The molecule has 0 aliphatic carbocycles. The Labute approximate surface area is 348 Å². The molecule has 0 amide bonds. The first kappa shape index (κ1) is 54.4. The average Bonchev–Trinajstić information content (AvgIpc) is 3.19. The van der Waals surface area contributed by atoms with Crippen LogP contribution in [0.3, 0.4) is 0 Å². The Bertz CT molecular complexity index is 843. The lowest BCUT2D eigenvalue weighted by molar-refractivity contribution is -0.167. The Hall–Kier alpha value is -1.59. The molecule has 0 spiro atoms. The summed E-state index contributed by atoms with van der Waals surface area (Å²) in [5, 5.41) is 0. The topological polar surface area (TPSA) is 78.9 Å². The molecule has 0 aromatic carbocycles. The lowest BCUT2D eigenvalue weighted by atomic mass is 10.00. The maximum Gasteiger partial charge on any atom is 0.306 e. The normalized spacial score (nSPS) is 12.4. The van der Waals surface area contributed by atoms with E-state index < -0.39 is 6.10 Å². The summed E-state index contributed by atoms with van der Waals surface area (Å²) in [6, 6.07) is 0. The molecular formula is C50H96O6. The van der Waals surface area contributed by atoms with Crippen LogP contribution in [-0.2, 0) is 28.6 Å². The maximum atomic E-state index is 12.8. The Balaban J connectivity index is 4.30. The number of ether oxygens (including phenoxy) is 3. The third-order valence-corrected chi connectivity index (χ3v) is 11.7. The van der Waals surface area contributed by atoms with E-state index in [1.165, 1.54) is 173 Å². The van der Waals surface area contributed by atoms with Gasteiger partial charge in [0.1, 0.15) is 13.2 Å². The van der Waals surface area contributed by atoms with Crippen LogP contribution in [0.1, 0.15) is 278 Å². The van der Waals surface area contributed by atoms with Crippen molar-refractivity contribution in [2.75, 3.05) is 13.2 Å². The van der Waals surface area contributed by atoms with E-state index in [0.29, 0.717) is 19.3 Å². The molecule has 0 bridgehead atoms. The lowest BCUT2D eigenvalue weighted by Gasteiger charge is -2.18. The van der Waals surface area contributed by atoms with Gasteiger partial charge in [0.25, 0.3) is 0 Å². The van der Waals surface area contributed by atoms with Gasteiger partial charge in [-0.25, -0.2) is 0 Å². The van der Waals surface area contributed by atoms with Crippen LogP contribution < -0.4 is 0 Å². The zero-order valence-electron chi connectivity index (χ0n) is 38.1. The lowest BCUT2D eigenvalue weighted by Crippen LogP contribution is -2.30. The van der Waals surface area contributed by atoms with Gasteiger partial charge in [0.15, 0.2) is 6.10 Å². The van der Waals surface area contributed by atoms with Gasteiger partial charge in [0.05, 0.1) is 0 Å². The third-order valence-electron chi connectivity index (χ3n) is 11.7.